The quantitative estimate of drug-likeness (QED) is 0.205. The summed E-state index contributed by atoms with van der Waals surface area (Å²) in [6.07, 6.45) is 17.1. The number of aliphatic imine (C=N–C) groups is 2. The van der Waals surface area contributed by atoms with Gasteiger partial charge in [0.15, 0.2) is 0 Å². The highest BCUT2D eigenvalue weighted by Crippen LogP contribution is 2.43. The summed E-state index contributed by atoms with van der Waals surface area (Å²) >= 11 is 0. The fourth-order valence-electron chi connectivity index (χ4n) is 7.06. The van der Waals surface area contributed by atoms with Crippen molar-refractivity contribution >= 4 is 33.0 Å². The van der Waals surface area contributed by atoms with E-state index in [1.165, 1.54) is 54.9 Å². The molecule has 4 heteroatoms. The van der Waals surface area contributed by atoms with Crippen molar-refractivity contribution in [2.75, 3.05) is 13.1 Å². The molecule has 5 aromatic rings. The molecule has 0 radical (unpaired) electrons. The van der Waals surface area contributed by atoms with E-state index < -0.39 is 0 Å². The van der Waals surface area contributed by atoms with Gasteiger partial charge in [0.1, 0.15) is 12.3 Å². The zero-order valence-electron chi connectivity index (χ0n) is 24.2. The Balaban J connectivity index is 1.13. The first-order chi connectivity index (χ1) is 21.8. The third-order valence-electron chi connectivity index (χ3n) is 9.21. The lowest BCUT2D eigenvalue weighted by Crippen LogP contribution is -2.25. The topological polar surface area (TPSA) is 31.2 Å². The predicted molar refractivity (Wildman–Crippen MR) is 183 cm³/mol. The Bertz CT molecular complexity index is 1920. The minimum absolute atomic E-state index is 0.117. The Morgan fingerprint density at radius 3 is 1.16 bits per heavy atom. The molecule has 5 aromatic carbocycles. The molecule has 2 unspecified atom stereocenters. The molecular formula is C40H30N4. The fourth-order valence-corrected chi connectivity index (χ4v) is 7.06. The van der Waals surface area contributed by atoms with Crippen molar-refractivity contribution in [1.82, 2.24) is 9.80 Å². The van der Waals surface area contributed by atoms with Crippen molar-refractivity contribution in [3.63, 3.8) is 0 Å². The third kappa shape index (κ3) is 4.06. The van der Waals surface area contributed by atoms with Crippen LogP contribution in [0.25, 0.3) is 43.8 Å². The molecule has 0 aliphatic carbocycles. The maximum Gasteiger partial charge on any atom is 0.140 e. The van der Waals surface area contributed by atoms with Gasteiger partial charge in [-0.15, -0.1) is 0 Å². The van der Waals surface area contributed by atoms with Gasteiger partial charge in [-0.1, -0.05) is 109 Å². The van der Waals surface area contributed by atoms with E-state index in [0.29, 0.717) is 0 Å². The molecule has 0 aromatic heterocycles. The summed E-state index contributed by atoms with van der Waals surface area (Å²) in [5.74, 6) is 0. The molecule has 210 valence electrons. The maximum atomic E-state index is 4.97. The van der Waals surface area contributed by atoms with E-state index in [1.54, 1.807) is 0 Å². The summed E-state index contributed by atoms with van der Waals surface area (Å²) in [7, 11) is 0. The zero-order chi connectivity index (χ0) is 29.0. The molecule has 2 atom stereocenters. The summed E-state index contributed by atoms with van der Waals surface area (Å²) < 4.78 is 0. The van der Waals surface area contributed by atoms with Gasteiger partial charge in [0.05, 0.1) is 24.5 Å². The smallest absolute Gasteiger partial charge is 0.140 e. The molecule has 0 saturated carbocycles. The third-order valence-corrected chi connectivity index (χ3v) is 9.21. The Morgan fingerprint density at radius 2 is 0.795 bits per heavy atom. The highest BCUT2D eigenvalue weighted by atomic mass is 15.3. The molecule has 0 spiro atoms. The summed E-state index contributed by atoms with van der Waals surface area (Å²) in [6.45, 7) is 1.68. The van der Waals surface area contributed by atoms with Gasteiger partial charge in [-0.3, -0.25) is 9.98 Å². The van der Waals surface area contributed by atoms with Crippen LogP contribution >= 0.6 is 0 Å². The van der Waals surface area contributed by atoms with Crippen molar-refractivity contribution < 1.29 is 0 Å². The Kier molecular flexibility index (Phi) is 5.73. The molecule has 0 N–H and O–H groups in total. The lowest BCUT2D eigenvalue weighted by atomic mass is 9.85. The lowest BCUT2D eigenvalue weighted by molar-refractivity contribution is 0.393. The van der Waals surface area contributed by atoms with Crippen LogP contribution in [0, 0.1) is 0 Å². The van der Waals surface area contributed by atoms with Crippen molar-refractivity contribution in [3.05, 3.63) is 157 Å². The van der Waals surface area contributed by atoms with Crippen LogP contribution in [0.5, 0.6) is 0 Å². The van der Waals surface area contributed by atoms with E-state index in [1.807, 2.05) is 0 Å². The molecule has 0 amide bonds. The zero-order valence-corrected chi connectivity index (χ0v) is 24.2. The highest BCUT2D eigenvalue weighted by molar-refractivity contribution is 6.21. The average Bonchev–Trinajstić information content (AvgIpc) is 3.72. The number of nitrogens with zero attached hydrogens (tertiary/aromatic N) is 4. The standard InChI is InChI=1S/C40H30N4/c1-2-10-32-31(9-1)39(29-19-15-27(16-20-29)35-25-43-23-7-5-13-37(43)41-35)33-11-3-4-12-34(33)40(32)30-21-17-28(18-22-30)36-26-44-24-8-6-14-38(44)42-36/h1-24,37-38H,25-26H2. The minimum atomic E-state index is 0.117. The molecule has 0 fully saturated rings. The summed E-state index contributed by atoms with van der Waals surface area (Å²) in [4.78, 5) is 14.5. The summed E-state index contributed by atoms with van der Waals surface area (Å²) in [6, 6.07) is 35.7. The fraction of sp³-hybridized carbons (Fsp3) is 0.100. The van der Waals surface area contributed by atoms with E-state index in [2.05, 4.69) is 156 Å². The van der Waals surface area contributed by atoms with E-state index in [9.17, 15) is 0 Å². The van der Waals surface area contributed by atoms with Crippen molar-refractivity contribution in [3.8, 4) is 22.3 Å². The van der Waals surface area contributed by atoms with E-state index in [4.69, 9.17) is 9.98 Å². The maximum absolute atomic E-state index is 4.97. The number of hydrogen-bond donors (Lipinski definition) is 0. The molecule has 44 heavy (non-hydrogen) atoms. The molecule has 4 aliphatic rings. The van der Waals surface area contributed by atoms with Crippen LogP contribution in [0.4, 0.5) is 0 Å². The van der Waals surface area contributed by atoms with Gasteiger partial charge in [0, 0.05) is 12.4 Å². The van der Waals surface area contributed by atoms with Gasteiger partial charge in [0.2, 0.25) is 0 Å². The lowest BCUT2D eigenvalue weighted by Gasteiger charge is -2.20. The average molecular weight is 567 g/mol. The SMILES string of the molecule is C1=CC2N=C(c3ccc(-c4c5ccccc5c(-c5ccc(C6=NC7C=CC=CN7C6)cc5)c5ccccc45)cc3)CN2C=C1. The number of allylic oxidation sites excluding steroid dienone is 4. The first kappa shape index (κ1) is 25.1. The molecule has 4 nitrogen and oxygen atoms in total. The van der Waals surface area contributed by atoms with E-state index in [-0.39, 0.29) is 12.3 Å². The van der Waals surface area contributed by atoms with Crippen LogP contribution in [0.3, 0.4) is 0 Å². The van der Waals surface area contributed by atoms with Crippen LogP contribution < -0.4 is 0 Å². The van der Waals surface area contributed by atoms with Crippen LogP contribution in [-0.2, 0) is 0 Å². The van der Waals surface area contributed by atoms with Gasteiger partial charge >= 0.3 is 0 Å². The van der Waals surface area contributed by atoms with Crippen molar-refractivity contribution in [2.45, 2.75) is 12.3 Å². The molecule has 4 aliphatic heterocycles. The number of fused-ring (bicyclic) bond motifs is 4. The highest BCUT2D eigenvalue weighted by Gasteiger charge is 2.25. The number of hydrogen-bond acceptors (Lipinski definition) is 4. The van der Waals surface area contributed by atoms with E-state index in [0.717, 1.165) is 24.5 Å². The second-order valence-electron chi connectivity index (χ2n) is 11.8. The first-order valence-electron chi connectivity index (χ1n) is 15.3. The van der Waals surface area contributed by atoms with Gasteiger partial charge in [-0.05, 0) is 79.2 Å². The van der Waals surface area contributed by atoms with Crippen LogP contribution in [0.2, 0.25) is 0 Å². The number of rotatable bonds is 4. The van der Waals surface area contributed by atoms with E-state index >= 15 is 0 Å². The second-order valence-corrected chi connectivity index (χ2v) is 11.8. The Labute approximate surface area is 257 Å². The molecular weight excluding hydrogens is 536 g/mol. The summed E-state index contributed by atoms with van der Waals surface area (Å²) in [5, 5.41) is 5.05. The molecule has 4 heterocycles. The molecule has 0 bridgehead atoms. The molecule has 9 rings (SSSR count). The first-order valence-corrected chi connectivity index (χ1v) is 15.3. The normalized spacial score (nSPS) is 19.9. The largest absolute Gasteiger partial charge is 0.347 e. The Hall–Kier alpha value is -5.48. The van der Waals surface area contributed by atoms with Gasteiger partial charge in [-0.25, -0.2) is 0 Å². The van der Waals surface area contributed by atoms with Crippen LogP contribution in [0.15, 0.2) is 156 Å². The van der Waals surface area contributed by atoms with Crippen LogP contribution in [0.1, 0.15) is 11.1 Å². The summed E-state index contributed by atoms with van der Waals surface area (Å²) in [5.41, 5.74) is 9.64. The van der Waals surface area contributed by atoms with Crippen molar-refractivity contribution in [1.29, 1.82) is 0 Å². The van der Waals surface area contributed by atoms with Gasteiger partial charge < -0.3 is 9.80 Å². The predicted octanol–water partition coefficient (Wildman–Crippen LogP) is 8.36. The van der Waals surface area contributed by atoms with Crippen LogP contribution in [-0.4, -0.2) is 46.6 Å². The van der Waals surface area contributed by atoms with Gasteiger partial charge in [-0.2, -0.15) is 0 Å². The second kappa shape index (κ2) is 10.1. The molecule has 0 saturated heterocycles. The monoisotopic (exact) mass is 566 g/mol. The van der Waals surface area contributed by atoms with Crippen molar-refractivity contribution in [2.24, 2.45) is 9.98 Å². The Morgan fingerprint density at radius 1 is 0.432 bits per heavy atom. The van der Waals surface area contributed by atoms with Gasteiger partial charge in [0.25, 0.3) is 0 Å². The minimum Gasteiger partial charge on any atom is -0.347 e. The number of benzene rings is 5.